The van der Waals surface area contributed by atoms with E-state index < -0.39 is 0 Å². The second-order valence-corrected chi connectivity index (χ2v) is 6.83. The molecule has 0 unspecified atom stereocenters. The molecule has 0 bridgehead atoms. The Hall–Kier alpha value is -1.06. The summed E-state index contributed by atoms with van der Waals surface area (Å²) in [5, 5.41) is 3.91. The number of Topliss-reactive ketones (excluding diaryl/α,β-unsaturated/α-hetero) is 1. The third-order valence-corrected chi connectivity index (χ3v) is 5.26. The molecule has 0 radical (unpaired) electrons. The molecule has 1 aromatic carbocycles. The van der Waals surface area contributed by atoms with E-state index in [0.29, 0.717) is 28.5 Å². The van der Waals surface area contributed by atoms with Crippen molar-refractivity contribution >= 4 is 17.4 Å². The lowest BCUT2D eigenvalue weighted by atomic mass is 9.63. The van der Waals surface area contributed by atoms with E-state index in [1.165, 1.54) is 0 Å². The Labute approximate surface area is 123 Å². The minimum atomic E-state index is 0.162. The summed E-state index contributed by atoms with van der Waals surface area (Å²) >= 11 is 6.19. The van der Waals surface area contributed by atoms with Gasteiger partial charge in [-0.05, 0) is 37.8 Å². The zero-order valence-corrected chi connectivity index (χ0v) is 12.1. The van der Waals surface area contributed by atoms with Gasteiger partial charge in [0, 0.05) is 36.1 Å². The fourth-order valence-electron chi connectivity index (χ4n) is 3.75. The predicted molar refractivity (Wildman–Crippen MR) is 77.7 cm³/mol. The molecule has 2 aliphatic carbocycles. The number of benzene rings is 1. The Morgan fingerprint density at radius 1 is 1.25 bits per heavy atom. The summed E-state index contributed by atoms with van der Waals surface area (Å²) in [7, 11) is 0. The van der Waals surface area contributed by atoms with E-state index in [1.54, 1.807) is 6.07 Å². The zero-order valence-electron chi connectivity index (χ0n) is 11.4. The first kappa shape index (κ1) is 12.7. The summed E-state index contributed by atoms with van der Waals surface area (Å²) < 4.78 is 6.14. The molecule has 0 aromatic heterocycles. The van der Waals surface area contributed by atoms with Crippen molar-refractivity contribution in [3.05, 3.63) is 28.3 Å². The summed E-state index contributed by atoms with van der Waals surface area (Å²) in [6.07, 6.45) is 4.97. The highest BCUT2D eigenvalue weighted by molar-refractivity contribution is 6.34. The van der Waals surface area contributed by atoms with Gasteiger partial charge in [0.05, 0.1) is 11.1 Å². The summed E-state index contributed by atoms with van der Waals surface area (Å²) in [6, 6.07) is 3.74. The van der Waals surface area contributed by atoms with Crippen molar-refractivity contribution in [2.75, 3.05) is 13.1 Å². The van der Waals surface area contributed by atoms with Crippen molar-refractivity contribution in [1.29, 1.82) is 0 Å². The molecule has 1 saturated heterocycles. The zero-order chi connectivity index (χ0) is 13.7. The van der Waals surface area contributed by atoms with E-state index in [-0.39, 0.29) is 5.78 Å². The van der Waals surface area contributed by atoms with Crippen molar-refractivity contribution in [3.63, 3.8) is 0 Å². The van der Waals surface area contributed by atoms with E-state index in [2.05, 4.69) is 5.32 Å². The van der Waals surface area contributed by atoms with Crippen LogP contribution in [0.4, 0.5) is 0 Å². The van der Waals surface area contributed by atoms with Crippen LogP contribution in [-0.4, -0.2) is 25.0 Å². The quantitative estimate of drug-likeness (QED) is 0.910. The third kappa shape index (κ3) is 1.87. The maximum absolute atomic E-state index is 12.0. The summed E-state index contributed by atoms with van der Waals surface area (Å²) in [5.41, 5.74) is 2.24. The van der Waals surface area contributed by atoms with Gasteiger partial charge in [0.1, 0.15) is 5.75 Å². The maximum Gasteiger partial charge on any atom is 0.164 e. The van der Waals surface area contributed by atoms with Crippen LogP contribution in [0.3, 0.4) is 0 Å². The number of halogens is 1. The van der Waals surface area contributed by atoms with Crippen LogP contribution in [-0.2, 0) is 6.42 Å². The van der Waals surface area contributed by atoms with Crippen molar-refractivity contribution in [1.82, 2.24) is 5.32 Å². The normalized spacial score (nSPS) is 23.9. The monoisotopic (exact) mass is 291 g/mol. The first-order valence-electron chi connectivity index (χ1n) is 7.39. The van der Waals surface area contributed by atoms with Crippen LogP contribution in [0.5, 0.6) is 5.75 Å². The molecular weight excluding hydrogens is 274 g/mol. The first-order valence-corrected chi connectivity index (χ1v) is 7.77. The highest BCUT2D eigenvalue weighted by Gasteiger charge is 2.49. The van der Waals surface area contributed by atoms with Crippen molar-refractivity contribution < 1.29 is 9.53 Å². The standard InChI is InChI=1S/C16H18ClNO2/c17-12-4-5-14(11-2-1-3-13(19)15(11)12)20-10-6-16(7-10)8-18-9-16/h4-5,10,18H,1-3,6-9H2. The fraction of sp³-hybridized carbons (Fsp3) is 0.562. The number of carbonyl (C=O) groups is 1. The molecule has 0 amide bonds. The Kier molecular flexibility index (Phi) is 2.83. The van der Waals surface area contributed by atoms with Gasteiger partial charge in [-0.3, -0.25) is 4.79 Å². The number of nitrogens with one attached hydrogen (secondary N) is 1. The van der Waals surface area contributed by atoms with Gasteiger partial charge in [-0.1, -0.05) is 11.6 Å². The van der Waals surface area contributed by atoms with Crippen LogP contribution in [0.15, 0.2) is 12.1 Å². The van der Waals surface area contributed by atoms with Gasteiger partial charge in [0.15, 0.2) is 5.78 Å². The molecule has 1 aromatic rings. The minimum absolute atomic E-state index is 0.162. The van der Waals surface area contributed by atoms with E-state index in [0.717, 1.165) is 50.1 Å². The molecule has 106 valence electrons. The van der Waals surface area contributed by atoms with Crippen molar-refractivity contribution in [3.8, 4) is 5.75 Å². The smallest absolute Gasteiger partial charge is 0.164 e. The van der Waals surface area contributed by atoms with Gasteiger partial charge in [0.25, 0.3) is 0 Å². The molecule has 0 atom stereocenters. The molecular formula is C16H18ClNO2. The summed E-state index contributed by atoms with van der Waals surface area (Å²) in [4.78, 5) is 12.0. The molecule has 2 fully saturated rings. The Bertz CT molecular complexity index is 572. The lowest BCUT2D eigenvalue weighted by Gasteiger charge is -2.53. The second kappa shape index (κ2) is 4.47. The van der Waals surface area contributed by atoms with E-state index in [1.807, 2.05) is 6.07 Å². The molecule has 1 saturated carbocycles. The summed E-state index contributed by atoms with van der Waals surface area (Å²) in [5.74, 6) is 1.04. The molecule has 4 heteroatoms. The Morgan fingerprint density at radius 3 is 2.75 bits per heavy atom. The lowest BCUT2D eigenvalue weighted by Crippen LogP contribution is -2.62. The van der Waals surface area contributed by atoms with Gasteiger partial charge in [0.2, 0.25) is 0 Å². The van der Waals surface area contributed by atoms with Crippen LogP contribution in [0, 0.1) is 5.41 Å². The van der Waals surface area contributed by atoms with E-state index in [4.69, 9.17) is 16.3 Å². The molecule has 3 nitrogen and oxygen atoms in total. The number of hydrogen-bond donors (Lipinski definition) is 1. The topological polar surface area (TPSA) is 38.3 Å². The number of ether oxygens (including phenoxy) is 1. The van der Waals surface area contributed by atoms with Crippen LogP contribution in [0.25, 0.3) is 0 Å². The van der Waals surface area contributed by atoms with Crippen LogP contribution in [0.2, 0.25) is 5.02 Å². The minimum Gasteiger partial charge on any atom is -0.490 e. The number of hydrogen-bond acceptors (Lipinski definition) is 3. The average molecular weight is 292 g/mol. The number of carbonyl (C=O) groups excluding carboxylic acids is 1. The Balaban J connectivity index is 1.56. The maximum atomic E-state index is 12.0. The molecule has 1 aliphatic heterocycles. The molecule has 20 heavy (non-hydrogen) atoms. The molecule has 1 N–H and O–H groups in total. The summed E-state index contributed by atoms with van der Waals surface area (Å²) in [6.45, 7) is 2.26. The van der Waals surface area contributed by atoms with Crippen LogP contribution >= 0.6 is 11.6 Å². The van der Waals surface area contributed by atoms with E-state index >= 15 is 0 Å². The first-order chi connectivity index (χ1) is 9.67. The van der Waals surface area contributed by atoms with Gasteiger partial charge in [-0.25, -0.2) is 0 Å². The highest BCUT2D eigenvalue weighted by Crippen LogP contribution is 2.46. The van der Waals surface area contributed by atoms with Gasteiger partial charge >= 0.3 is 0 Å². The SMILES string of the molecule is O=C1CCCc2c(OC3CC4(CNC4)C3)ccc(Cl)c21. The highest BCUT2D eigenvalue weighted by atomic mass is 35.5. The Morgan fingerprint density at radius 2 is 2.05 bits per heavy atom. The van der Waals surface area contributed by atoms with E-state index in [9.17, 15) is 4.79 Å². The van der Waals surface area contributed by atoms with Gasteiger partial charge < -0.3 is 10.1 Å². The molecule has 1 heterocycles. The van der Waals surface area contributed by atoms with Gasteiger partial charge in [-0.2, -0.15) is 0 Å². The van der Waals surface area contributed by atoms with Crippen LogP contribution < -0.4 is 10.1 Å². The average Bonchev–Trinajstić information content (AvgIpc) is 2.33. The van der Waals surface area contributed by atoms with Gasteiger partial charge in [-0.15, -0.1) is 0 Å². The molecule has 3 aliphatic rings. The predicted octanol–water partition coefficient (Wildman–Crippen LogP) is 2.99. The van der Waals surface area contributed by atoms with Crippen LogP contribution in [0.1, 0.15) is 41.6 Å². The van der Waals surface area contributed by atoms with Crippen molar-refractivity contribution in [2.24, 2.45) is 5.41 Å². The third-order valence-electron chi connectivity index (χ3n) is 4.94. The van der Waals surface area contributed by atoms with Crippen molar-refractivity contribution in [2.45, 2.75) is 38.2 Å². The molecule has 1 spiro atoms. The molecule has 4 rings (SSSR count). The fourth-order valence-corrected chi connectivity index (χ4v) is 4.03. The second-order valence-electron chi connectivity index (χ2n) is 6.43. The number of fused-ring (bicyclic) bond motifs is 1. The number of rotatable bonds is 2. The lowest BCUT2D eigenvalue weighted by molar-refractivity contribution is -0.0499. The number of ketones is 1. The largest absolute Gasteiger partial charge is 0.490 e.